The molecule has 1 aromatic heterocycles. The van der Waals surface area contributed by atoms with Crippen molar-refractivity contribution in [2.45, 2.75) is 19.4 Å². The summed E-state index contributed by atoms with van der Waals surface area (Å²) in [7, 11) is 0. The van der Waals surface area contributed by atoms with Gasteiger partial charge in [0.15, 0.2) is 0 Å². The van der Waals surface area contributed by atoms with Crippen molar-refractivity contribution in [2.24, 2.45) is 0 Å². The molecule has 0 bridgehead atoms. The molecular formula is C15H17NO. The number of hydrogen-bond acceptors (Lipinski definition) is 2. The number of ether oxygens (including phenoxy) is 1. The Morgan fingerprint density at radius 3 is 2.47 bits per heavy atom. The Labute approximate surface area is 102 Å². The fourth-order valence-corrected chi connectivity index (χ4v) is 1.84. The fourth-order valence-electron chi connectivity index (χ4n) is 1.84. The summed E-state index contributed by atoms with van der Waals surface area (Å²) in [5.41, 5.74) is 2.27. The minimum Gasteiger partial charge on any atom is -0.372 e. The largest absolute Gasteiger partial charge is 0.372 e. The maximum absolute atomic E-state index is 5.77. The van der Waals surface area contributed by atoms with Gasteiger partial charge in [-0.15, -0.1) is 0 Å². The van der Waals surface area contributed by atoms with Crippen molar-refractivity contribution in [3.05, 3.63) is 66.0 Å². The zero-order chi connectivity index (χ0) is 11.9. The summed E-state index contributed by atoms with van der Waals surface area (Å²) < 4.78 is 5.77. The smallest absolute Gasteiger partial charge is 0.103 e. The Bertz CT molecular complexity index is 427. The van der Waals surface area contributed by atoms with Crippen LogP contribution in [0.5, 0.6) is 0 Å². The van der Waals surface area contributed by atoms with Crippen molar-refractivity contribution in [1.82, 2.24) is 4.98 Å². The van der Waals surface area contributed by atoms with Crippen LogP contribution in [0.3, 0.4) is 0 Å². The molecule has 0 aliphatic carbocycles. The van der Waals surface area contributed by atoms with Gasteiger partial charge in [0.2, 0.25) is 0 Å². The third-order valence-electron chi connectivity index (χ3n) is 2.65. The van der Waals surface area contributed by atoms with Crippen LogP contribution in [-0.4, -0.2) is 11.6 Å². The number of aromatic nitrogens is 1. The van der Waals surface area contributed by atoms with Crippen LogP contribution in [0.25, 0.3) is 0 Å². The highest BCUT2D eigenvalue weighted by atomic mass is 16.5. The lowest BCUT2D eigenvalue weighted by Gasteiger charge is -2.16. The van der Waals surface area contributed by atoms with Gasteiger partial charge in [0, 0.05) is 19.2 Å². The number of nitrogens with zero attached hydrogens (tertiary/aromatic N) is 1. The minimum absolute atomic E-state index is 0.0450. The van der Waals surface area contributed by atoms with Gasteiger partial charge in [-0.1, -0.05) is 36.4 Å². The summed E-state index contributed by atoms with van der Waals surface area (Å²) in [4.78, 5) is 4.37. The van der Waals surface area contributed by atoms with Crippen molar-refractivity contribution in [3.63, 3.8) is 0 Å². The highest BCUT2D eigenvalue weighted by molar-refractivity contribution is 5.18. The molecule has 2 aromatic rings. The minimum atomic E-state index is 0.0450. The Hall–Kier alpha value is -1.67. The lowest BCUT2D eigenvalue weighted by molar-refractivity contribution is 0.0598. The highest BCUT2D eigenvalue weighted by Gasteiger charge is 2.12. The van der Waals surface area contributed by atoms with Crippen LogP contribution in [0.2, 0.25) is 0 Å². The first kappa shape index (κ1) is 11.8. The topological polar surface area (TPSA) is 22.1 Å². The first-order chi connectivity index (χ1) is 8.40. The van der Waals surface area contributed by atoms with Crippen LogP contribution in [0.4, 0.5) is 0 Å². The Morgan fingerprint density at radius 1 is 1.06 bits per heavy atom. The molecule has 2 heteroatoms. The molecule has 17 heavy (non-hydrogen) atoms. The van der Waals surface area contributed by atoms with E-state index in [1.807, 2.05) is 37.4 Å². The van der Waals surface area contributed by atoms with Crippen LogP contribution in [0.15, 0.2) is 54.7 Å². The number of pyridine rings is 1. The molecule has 0 fully saturated rings. The van der Waals surface area contributed by atoms with E-state index in [-0.39, 0.29) is 6.10 Å². The van der Waals surface area contributed by atoms with Gasteiger partial charge in [0.1, 0.15) is 6.10 Å². The molecule has 88 valence electrons. The summed E-state index contributed by atoms with van der Waals surface area (Å²) in [6.45, 7) is 2.72. The third-order valence-corrected chi connectivity index (χ3v) is 2.65. The van der Waals surface area contributed by atoms with Crippen molar-refractivity contribution >= 4 is 0 Å². The van der Waals surface area contributed by atoms with Crippen molar-refractivity contribution < 1.29 is 4.74 Å². The Morgan fingerprint density at radius 2 is 1.82 bits per heavy atom. The monoisotopic (exact) mass is 227 g/mol. The Kier molecular flexibility index (Phi) is 4.28. The first-order valence-electron chi connectivity index (χ1n) is 5.96. The zero-order valence-corrected chi connectivity index (χ0v) is 10.0. The van der Waals surface area contributed by atoms with E-state index >= 15 is 0 Å². The molecule has 1 heterocycles. The van der Waals surface area contributed by atoms with Gasteiger partial charge in [-0.25, -0.2) is 0 Å². The van der Waals surface area contributed by atoms with Gasteiger partial charge in [-0.3, -0.25) is 4.98 Å². The maximum Gasteiger partial charge on any atom is 0.103 e. The highest BCUT2D eigenvalue weighted by Crippen LogP contribution is 2.20. The van der Waals surface area contributed by atoms with Crippen molar-refractivity contribution in [3.8, 4) is 0 Å². The molecule has 1 atom stereocenters. The van der Waals surface area contributed by atoms with Crippen molar-refractivity contribution in [1.29, 1.82) is 0 Å². The van der Waals surface area contributed by atoms with E-state index in [1.54, 1.807) is 0 Å². The standard InChI is InChI=1S/C15H17NO/c1-2-17-15(14-10-6-7-11-16-14)12-13-8-4-3-5-9-13/h3-11,15H,2,12H2,1H3. The second-order valence-electron chi connectivity index (χ2n) is 3.89. The number of rotatable bonds is 5. The molecule has 1 aromatic carbocycles. The second-order valence-corrected chi connectivity index (χ2v) is 3.89. The summed E-state index contributed by atoms with van der Waals surface area (Å²) in [5.74, 6) is 0. The van der Waals surface area contributed by atoms with E-state index in [0.717, 1.165) is 12.1 Å². The van der Waals surface area contributed by atoms with Crippen LogP contribution >= 0.6 is 0 Å². The maximum atomic E-state index is 5.77. The molecule has 0 amide bonds. The molecule has 0 aliphatic rings. The number of hydrogen-bond donors (Lipinski definition) is 0. The fraction of sp³-hybridized carbons (Fsp3) is 0.267. The molecule has 2 nitrogen and oxygen atoms in total. The molecule has 1 unspecified atom stereocenters. The van der Waals surface area contributed by atoms with E-state index in [1.165, 1.54) is 5.56 Å². The van der Waals surface area contributed by atoms with Gasteiger partial charge >= 0.3 is 0 Å². The first-order valence-corrected chi connectivity index (χ1v) is 5.96. The van der Waals surface area contributed by atoms with Crippen LogP contribution in [-0.2, 0) is 11.2 Å². The number of benzene rings is 1. The van der Waals surface area contributed by atoms with Gasteiger partial charge in [-0.05, 0) is 24.6 Å². The van der Waals surface area contributed by atoms with Gasteiger partial charge in [-0.2, -0.15) is 0 Å². The quantitative estimate of drug-likeness (QED) is 0.781. The molecule has 0 saturated heterocycles. The molecule has 0 spiro atoms. The summed E-state index contributed by atoms with van der Waals surface area (Å²) in [6.07, 6.45) is 2.72. The van der Waals surface area contributed by atoms with Crippen LogP contribution in [0.1, 0.15) is 24.3 Å². The lowest BCUT2D eigenvalue weighted by atomic mass is 10.1. The van der Waals surface area contributed by atoms with Gasteiger partial charge < -0.3 is 4.74 Å². The third kappa shape index (κ3) is 3.40. The van der Waals surface area contributed by atoms with E-state index in [0.29, 0.717) is 6.61 Å². The van der Waals surface area contributed by atoms with E-state index < -0.39 is 0 Å². The van der Waals surface area contributed by atoms with E-state index in [2.05, 4.69) is 29.2 Å². The molecule has 0 radical (unpaired) electrons. The van der Waals surface area contributed by atoms with Crippen molar-refractivity contribution in [2.75, 3.05) is 6.61 Å². The van der Waals surface area contributed by atoms with Gasteiger partial charge in [0.25, 0.3) is 0 Å². The summed E-state index contributed by atoms with van der Waals surface area (Å²) in [6, 6.07) is 16.3. The van der Waals surface area contributed by atoms with Gasteiger partial charge in [0.05, 0.1) is 5.69 Å². The SMILES string of the molecule is CCOC(Cc1ccccc1)c1ccccn1. The molecule has 0 saturated carbocycles. The van der Waals surface area contributed by atoms with E-state index in [4.69, 9.17) is 4.74 Å². The van der Waals surface area contributed by atoms with Crippen LogP contribution < -0.4 is 0 Å². The summed E-state index contributed by atoms with van der Waals surface area (Å²) >= 11 is 0. The normalized spacial score (nSPS) is 12.3. The van der Waals surface area contributed by atoms with Crippen LogP contribution in [0, 0.1) is 0 Å². The lowest BCUT2D eigenvalue weighted by Crippen LogP contribution is -2.09. The summed E-state index contributed by atoms with van der Waals surface area (Å²) in [5, 5.41) is 0. The molecule has 0 N–H and O–H groups in total. The average Bonchev–Trinajstić information content (AvgIpc) is 2.40. The zero-order valence-electron chi connectivity index (χ0n) is 10.0. The average molecular weight is 227 g/mol. The van der Waals surface area contributed by atoms with E-state index in [9.17, 15) is 0 Å². The predicted molar refractivity (Wildman–Crippen MR) is 68.8 cm³/mol. The Balaban J connectivity index is 2.13. The predicted octanol–water partition coefficient (Wildman–Crippen LogP) is 3.40. The molecular weight excluding hydrogens is 210 g/mol. The second kappa shape index (κ2) is 6.16. The molecule has 0 aliphatic heterocycles. The molecule has 2 rings (SSSR count).